The van der Waals surface area contributed by atoms with E-state index in [1.807, 2.05) is 31.2 Å². The second kappa shape index (κ2) is 5.63. The minimum atomic E-state index is -0.713. The maximum atomic E-state index is 12.3. The fourth-order valence-electron chi connectivity index (χ4n) is 3.11. The molecule has 1 aliphatic rings. The highest BCUT2D eigenvalue weighted by Gasteiger charge is 2.36. The van der Waals surface area contributed by atoms with Gasteiger partial charge in [0.05, 0.1) is 16.7 Å². The van der Waals surface area contributed by atoms with Gasteiger partial charge < -0.3 is 5.73 Å². The third-order valence-electron chi connectivity index (χ3n) is 4.63. The average molecular weight is 351 g/mol. The molecule has 7 heteroatoms. The second-order valence-corrected chi connectivity index (χ2v) is 7.14. The zero-order valence-corrected chi connectivity index (χ0v) is 14.7. The van der Waals surface area contributed by atoms with Gasteiger partial charge in [0.15, 0.2) is 5.96 Å². The quantitative estimate of drug-likeness (QED) is 0.769. The molecule has 0 aliphatic carbocycles. The summed E-state index contributed by atoms with van der Waals surface area (Å²) >= 11 is 1.37. The van der Waals surface area contributed by atoms with Crippen molar-refractivity contribution in [2.75, 3.05) is 7.05 Å². The molecule has 2 heterocycles. The molecule has 3 aromatic rings. The van der Waals surface area contributed by atoms with Crippen molar-refractivity contribution in [2.45, 2.75) is 18.9 Å². The second-order valence-electron chi connectivity index (χ2n) is 6.38. The van der Waals surface area contributed by atoms with Gasteiger partial charge in [0.2, 0.25) is 5.91 Å². The molecule has 2 aromatic carbocycles. The normalized spacial score (nSPS) is 20.8. The Morgan fingerprint density at radius 2 is 2.00 bits per heavy atom. The number of nitrogens with two attached hydrogens (primary N) is 1. The van der Waals surface area contributed by atoms with Crippen LogP contribution < -0.4 is 5.73 Å². The van der Waals surface area contributed by atoms with E-state index in [1.54, 1.807) is 7.05 Å². The zero-order chi connectivity index (χ0) is 17.6. The summed E-state index contributed by atoms with van der Waals surface area (Å²) in [5.41, 5.74) is 9.09. The number of hydrogen-bond acceptors (Lipinski definition) is 6. The van der Waals surface area contributed by atoms with Crippen molar-refractivity contribution in [1.29, 1.82) is 0 Å². The Labute approximate surface area is 149 Å². The topological polar surface area (TPSA) is 84.5 Å². The van der Waals surface area contributed by atoms with Crippen molar-refractivity contribution in [1.82, 2.24) is 14.5 Å². The maximum Gasteiger partial charge on any atom is 0.231 e. The highest BCUT2D eigenvalue weighted by molar-refractivity contribution is 7.13. The summed E-state index contributed by atoms with van der Waals surface area (Å²) in [5.74, 6) is 0.185. The van der Waals surface area contributed by atoms with Gasteiger partial charge in [-0.2, -0.15) is 0 Å². The van der Waals surface area contributed by atoms with Crippen LogP contribution in [-0.4, -0.2) is 33.4 Å². The Morgan fingerprint density at radius 3 is 2.72 bits per heavy atom. The molecule has 126 valence electrons. The van der Waals surface area contributed by atoms with Gasteiger partial charge in [-0.25, -0.2) is 4.99 Å². The van der Waals surface area contributed by atoms with Crippen molar-refractivity contribution in [3.05, 3.63) is 48.0 Å². The van der Waals surface area contributed by atoms with Crippen molar-refractivity contribution < 1.29 is 4.79 Å². The van der Waals surface area contributed by atoms with Crippen LogP contribution in [0.25, 0.3) is 21.3 Å². The highest BCUT2D eigenvalue weighted by atomic mass is 32.1. The highest BCUT2D eigenvalue weighted by Crippen LogP contribution is 2.39. The van der Waals surface area contributed by atoms with Gasteiger partial charge in [0, 0.05) is 12.6 Å². The summed E-state index contributed by atoms with van der Waals surface area (Å²) in [4.78, 5) is 18.3. The number of carbonyl (C=O) groups is 1. The first kappa shape index (κ1) is 15.7. The number of aliphatic imine (C=N–C) groups is 1. The summed E-state index contributed by atoms with van der Waals surface area (Å²) in [6.45, 7) is 1.93. The fourth-order valence-corrected chi connectivity index (χ4v) is 3.79. The van der Waals surface area contributed by atoms with E-state index in [0.29, 0.717) is 0 Å². The summed E-state index contributed by atoms with van der Waals surface area (Å²) in [6, 6.07) is 14.1. The molecule has 1 atom stereocenters. The van der Waals surface area contributed by atoms with Crippen molar-refractivity contribution in [2.24, 2.45) is 10.7 Å². The number of benzene rings is 2. The molecule has 1 amide bonds. The molecule has 25 heavy (non-hydrogen) atoms. The third kappa shape index (κ3) is 2.56. The van der Waals surface area contributed by atoms with Gasteiger partial charge in [0.1, 0.15) is 5.52 Å². The first-order chi connectivity index (χ1) is 12.0. The average Bonchev–Trinajstić information content (AvgIpc) is 3.08. The summed E-state index contributed by atoms with van der Waals surface area (Å²) in [7, 11) is 1.64. The van der Waals surface area contributed by atoms with Gasteiger partial charge in [-0.15, -0.1) is 5.10 Å². The molecule has 0 saturated heterocycles. The van der Waals surface area contributed by atoms with Crippen LogP contribution in [-0.2, 0) is 10.3 Å². The molecule has 0 saturated carbocycles. The lowest BCUT2D eigenvalue weighted by atomic mass is 9.85. The van der Waals surface area contributed by atoms with Crippen LogP contribution in [0.1, 0.15) is 18.9 Å². The van der Waals surface area contributed by atoms with Gasteiger partial charge in [-0.05, 0) is 41.7 Å². The molecule has 0 spiro atoms. The summed E-state index contributed by atoms with van der Waals surface area (Å²) in [6.07, 6.45) is 0.265. The minimum absolute atomic E-state index is 0.0484. The Bertz CT molecular complexity index is 997. The molecule has 6 nitrogen and oxygen atoms in total. The lowest BCUT2D eigenvalue weighted by Gasteiger charge is -2.33. The van der Waals surface area contributed by atoms with E-state index < -0.39 is 5.54 Å². The van der Waals surface area contributed by atoms with Crippen molar-refractivity contribution >= 4 is 33.6 Å². The number of aromatic nitrogens is 2. The molecular formula is C18H17N5OS. The molecule has 0 fully saturated rings. The maximum absolute atomic E-state index is 12.3. The minimum Gasteiger partial charge on any atom is -0.369 e. The van der Waals surface area contributed by atoms with Crippen molar-refractivity contribution in [3.63, 3.8) is 0 Å². The monoisotopic (exact) mass is 351 g/mol. The Morgan fingerprint density at radius 1 is 1.24 bits per heavy atom. The largest absolute Gasteiger partial charge is 0.369 e. The number of rotatable bonds is 2. The number of carbonyl (C=O) groups excluding carboxylic acids is 1. The van der Waals surface area contributed by atoms with Gasteiger partial charge >= 0.3 is 0 Å². The molecule has 1 aromatic heterocycles. The smallest absolute Gasteiger partial charge is 0.231 e. The van der Waals surface area contributed by atoms with E-state index >= 15 is 0 Å². The molecule has 0 unspecified atom stereocenters. The van der Waals surface area contributed by atoms with E-state index in [4.69, 9.17) is 5.73 Å². The molecule has 1 aliphatic heterocycles. The number of fused-ring (bicyclic) bond motifs is 1. The van der Waals surface area contributed by atoms with Crippen LogP contribution in [0.3, 0.4) is 0 Å². The Balaban J connectivity index is 1.93. The third-order valence-corrected chi connectivity index (χ3v) is 5.41. The first-order valence-corrected chi connectivity index (χ1v) is 8.69. The lowest BCUT2D eigenvalue weighted by molar-refractivity contribution is -0.128. The Hall–Kier alpha value is -2.80. The van der Waals surface area contributed by atoms with E-state index in [-0.39, 0.29) is 18.3 Å². The van der Waals surface area contributed by atoms with Crippen LogP contribution in [0.15, 0.2) is 47.5 Å². The van der Waals surface area contributed by atoms with Gasteiger partial charge in [-0.1, -0.05) is 34.8 Å². The zero-order valence-electron chi connectivity index (χ0n) is 13.9. The number of hydrogen-bond donors (Lipinski definition) is 1. The predicted molar refractivity (Wildman–Crippen MR) is 99.2 cm³/mol. The Kier molecular flexibility index (Phi) is 3.54. The fraction of sp³-hybridized carbons (Fsp3) is 0.222. The molecular weight excluding hydrogens is 334 g/mol. The van der Waals surface area contributed by atoms with Crippen molar-refractivity contribution in [3.8, 4) is 11.1 Å². The van der Waals surface area contributed by atoms with E-state index in [1.165, 1.54) is 16.4 Å². The van der Waals surface area contributed by atoms with Crippen LogP contribution in [0, 0.1) is 0 Å². The first-order valence-electron chi connectivity index (χ1n) is 7.92. The van der Waals surface area contributed by atoms with Gasteiger partial charge in [-0.3, -0.25) is 9.69 Å². The van der Waals surface area contributed by atoms with Crippen LogP contribution in [0.5, 0.6) is 0 Å². The summed E-state index contributed by atoms with van der Waals surface area (Å²) in [5, 5.41) is 4.24. The van der Waals surface area contributed by atoms with E-state index in [9.17, 15) is 4.79 Å². The number of guanidine groups is 1. The number of amides is 1. The van der Waals surface area contributed by atoms with Gasteiger partial charge in [0.25, 0.3) is 0 Å². The van der Waals surface area contributed by atoms with Crippen LogP contribution >= 0.6 is 11.5 Å². The standard InChI is InChI=1S/C18H17N5OS/c1-18(10-15(24)23(2)17(19)20-18)12-8-13(11-6-4-3-5-7-11)16-14(9-12)21-22-25-16/h3-9H,10H2,1-2H3,(H2,19,20)/t18-/m0/s1. The molecule has 0 radical (unpaired) electrons. The predicted octanol–water partition coefficient (Wildman–Crippen LogP) is 2.75. The molecule has 4 rings (SSSR count). The SMILES string of the molecule is CN1C(=O)C[C@@](C)(c2cc(-c3ccccc3)c3snnc3c2)N=C1N. The number of nitrogens with zero attached hydrogens (tertiary/aromatic N) is 4. The lowest BCUT2D eigenvalue weighted by Crippen LogP contribution is -2.47. The molecule has 0 bridgehead atoms. The molecule has 2 N–H and O–H groups in total. The van der Waals surface area contributed by atoms with Crippen LogP contribution in [0.4, 0.5) is 0 Å². The van der Waals surface area contributed by atoms with Crippen LogP contribution in [0.2, 0.25) is 0 Å². The summed E-state index contributed by atoms with van der Waals surface area (Å²) < 4.78 is 5.12. The van der Waals surface area contributed by atoms with E-state index in [2.05, 4.69) is 32.8 Å². The van der Waals surface area contributed by atoms with E-state index in [0.717, 1.165) is 26.9 Å².